The number of hydrogen-bond donors (Lipinski definition) is 1. The molecule has 0 aliphatic carbocycles. The number of aromatic nitrogens is 4. The third kappa shape index (κ3) is 2.76. The Labute approximate surface area is 109 Å². The molecule has 1 radical (unpaired) electrons. The van der Waals surface area contributed by atoms with E-state index in [-0.39, 0.29) is 5.28 Å². The Hall–Kier alpha value is -1.69. The van der Waals surface area contributed by atoms with Gasteiger partial charge in [-0.3, -0.25) is 0 Å². The minimum Gasteiger partial charge on any atom is -0.446 e. The maximum absolute atomic E-state index is 10.4. The summed E-state index contributed by atoms with van der Waals surface area (Å²) in [4.78, 5) is 25.5. The maximum Gasteiger partial charge on any atom is 0.418 e. The van der Waals surface area contributed by atoms with E-state index >= 15 is 0 Å². The van der Waals surface area contributed by atoms with E-state index < -0.39 is 6.10 Å². The van der Waals surface area contributed by atoms with Gasteiger partial charge in [-0.1, -0.05) is 13.3 Å². The van der Waals surface area contributed by atoms with E-state index in [0.29, 0.717) is 23.4 Å². The molecule has 0 amide bonds. The van der Waals surface area contributed by atoms with Crippen LogP contribution in [0.4, 0.5) is 0 Å². The fourth-order valence-corrected chi connectivity index (χ4v) is 1.79. The summed E-state index contributed by atoms with van der Waals surface area (Å²) >= 11 is 5.68. The molecule has 0 fully saturated rings. The van der Waals surface area contributed by atoms with Gasteiger partial charge in [0.15, 0.2) is 17.6 Å². The number of carbonyl (C=O) groups excluding carboxylic acids is 1. The van der Waals surface area contributed by atoms with Gasteiger partial charge in [0.2, 0.25) is 5.28 Å². The first-order chi connectivity index (χ1) is 8.74. The largest absolute Gasteiger partial charge is 0.446 e. The number of nitrogens with one attached hydrogen (secondary N) is 1. The van der Waals surface area contributed by atoms with Crippen LogP contribution in [0.3, 0.4) is 0 Å². The molecule has 2 aromatic heterocycles. The van der Waals surface area contributed by atoms with Crippen molar-refractivity contribution < 1.29 is 9.53 Å². The lowest BCUT2D eigenvalue weighted by Gasteiger charge is -2.10. The van der Waals surface area contributed by atoms with Crippen LogP contribution in [-0.4, -0.2) is 26.4 Å². The number of fused-ring (bicyclic) bond motifs is 1. The van der Waals surface area contributed by atoms with E-state index in [0.717, 1.165) is 12.8 Å². The van der Waals surface area contributed by atoms with Crippen molar-refractivity contribution in [2.24, 2.45) is 0 Å². The van der Waals surface area contributed by atoms with E-state index in [4.69, 9.17) is 16.3 Å². The van der Waals surface area contributed by atoms with Gasteiger partial charge in [0, 0.05) is 0 Å². The minimum absolute atomic E-state index is 0.133. The molecule has 2 rings (SSSR count). The molecule has 0 aliphatic heterocycles. The van der Waals surface area contributed by atoms with Crippen LogP contribution in [0.25, 0.3) is 11.2 Å². The summed E-state index contributed by atoms with van der Waals surface area (Å²) in [5.41, 5.74) is 1.12. The summed E-state index contributed by atoms with van der Waals surface area (Å²) in [5.74, 6) is 0.540. The summed E-state index contributed by atoms with van der Waals surface area (Å²) in [6.45, 7) is 3.52. The van der Waals surface area contributed by atoms with Crippen LogP contribution in [-0.2, 0) is 9.53 Å². The number of imidazole rings is 1. The highest BCUT2D eigenvalue weighted by molar-refractivity contribution is 6.28. The summed E-state index contributed by atoms with van der Waals surface area (Å²) < 4.78 is 4.91. The highest BCUT2D eigenvalue weighted by atomic mass is 35.5. The highest BCUT2D eigenvalue weighted by Crippen LogP contribution is 2.22. The van der Waals surface area contributed by atoms with Crippen molar-refractivity contribution >= 4 is 29.2 Å². The molecular formula is C11H12ClN4O2. The maximum atomic E-state index is 10.4. The first kappa shape index (κ1) is 12.8. The Morgan fingerprint density at radius 3 is 3.11 bits per heavy atom. The molecule has 6 nitrogen and oxygen atoms in total. The second kappa shape index (κ2) is 5.77. The Balaban J connectivity index is 2.28. The minimum atomic E-state index is -0.435. The topological polar surface area (TPSA) is 80.8 Å². The van der Waals surface area contributed by atoms with Crippen LogP contribution in [0.15, 0.2) is 6.20 Å². The third-order valence-corrected chi connectivity index (χ3v) is 2.73. The molecule has 1 N–H and O–H groups in total. The molecule has 0 saturated heterocycles. The first-order valence-electron chi connectivity index (χ1n) is 5.65. The average molecular weight is 268 g/mol. The van der Waals surface area contributed by atoms with Gasteiger partial charge in [-0.05, 0) is 24.4 Å². The lowest BCUT2D eigenvalue weighted by atomic mass is 10.1. The highest BCUT2D eigenvalue weighted by Gasteiger charge is 2.17. The molecule has 7 heteroatoms. The predicted molar refractivity (Wildman–Crippen MR) is 65.7 cm³/mol. The third-order valence-electron chi connectivity index (χ3n) is 2.54. The van der Waals surface area contributed by atoms with Crippen molar-refractivity contribution in [3.8, 4) is 0 Å². The molecule has 95 valence electrons. The average Bonchev–Trinajstić information content (AvgIpc) is 2.77. The molecular weight excluding hydrogens is 256 g/mol. The van der Waals surface area contributed by atoms with E-state index in [1.54, 1.807) is 6.20 Å². The second-order valence-electron chi connectivity index (χ2n) is 3.83. The Morgan fingerprint density at radius 2 is 2.39 bits per heavy atom. The van der Waals surface area contributed by atoms with Gasteiger partial charge in [-0.2, -0.15) is 4.98 Å². The number of hydrogen-bond acceptors (Lipinski definition) is 5. The fourth-order valence-electron chi connectivity index (χ4n) is 1.66. The first-order valence-corrected chi connectivity index (χ1v) is 6.03. The Kier molecular flexibility index (Phi) is 4.09. The SMILES string of the molecule is CCCCC(O[C]=O)c1nc2nc(Cl)ncc2[nH]1. The molecule has 0 spiro atoms. The summed E-state index contributed by atoms with van der Waals surface area (Å²) in [7, 11) is 0. The molecule has 0 bridgehead atoms. The number of aromatic amines is 1. The number of rotatable bonds is 6. The standard InChI is InChI=1S/C11H12ClN4O2/c1-2-3-4-8(18-6-17)10-14-7-5-13-11(12)16-9(7)15-10/h5,8H,2-4H2,1H3,(H,13,14,15,16). The Bertz CT molecular complexity index is 543. The van der Waals surface area contributed by atoms with Gasteiger partial charge < -0.3 is 9.72 Å². The zero-order chi connectivity index (χ0) is 13.0. The molecule has 1 unspecified atom stereocenters. The quantitative estimate of drug-likeness (QED) is 0.813. The van der Waals surface area contributed by atoms with Gasteiger partial charge in [-0.25, -0.2) is 14.8 Å². The van der Waals surface area contributed by atoms with Crippen molar-refractivity contribution in [2.45, 2.75) is 32.3 Å². The van der Waals surface area contributed by atoms with Crippen LogP contribution in [0, 0.1) is 0 Å². The summed E-state index contributed by atoms with van der Waals surface area (Å²) in [5, 5.41) is 0.133. The number of H-pyrrole nitrogens is 1. The zero-order valence-corrected chi connectivity index (χ0v) is 10.6. The normalized spacial score (nSPS) is 12.6. The molecule has 0 aromatic carbocycles. The number of nitrogens with zero attached hydrogens (tertiary/aromatic N) is 3. The molecule has 2 heterocycles. The predicted octanol–water partition coefficient (Wildman–Crippen LogP) is 2.32. The second-order valence-corrected chi connectivity index (χ2v) is 4.17. The van der Waals surface area contributed by atoms with Crippen molar-refractivity contribution in [3.63, 3.8) is 0 Å². The molecule has 1 atom stereocenters. The lowest BCUT2D eigenvalue weighted by Crippen LogP contribution is -2.05. The Morgan fingerprint density at radius 1 is 1.56 bits per heavy atom. The molecule has 0 aliphatic rings. The van der Waals surface area contributed by atoms with Gasteiger partial charge in [0.1, 0.15) is 5.52 Å². The van der Waals surface area contributed by atoms with Crippen molar-refractivity contribution in [3.05, 3.63) is 17.3 Å². The van der Waals surface area contributed by atoms with E-state index in [9.17, 15) is 4.79 Å². The van der Waals surface area contributed by atoms with Crippen molar-refractivity contribution in [1.29, 1.82) is 0 Å². The summed E-state index contributed by atoms with van der Waals surface area (Å²) in [6, 6.07) is 0. The molecule has 18 heavy (non-hydrogen) atoms. The summed E-state index contributed by atoms with van der Waals surface area (Å²) in [6.07, 6.45) is 3.73. The number of halogens is 1. The van der Waals surface area contributed by atoms with Crippen LogP contribution >= 0.6 is 11.6 Å². The van der Waals surface area contributed by atoms with Crippen LogP contribution in [0.2, 0.25) is 5.28 Å². The molecule has 2 aromatic rings. The smallest absolute Gasteiger partial charge is 0.418 e. The van der Waals surface area contributed by atoms with Crippen LogP contribution < -0.4 is 0 Å². The van der Waals surface area contributed by atoms with E-state index in [1.165, 1.54) is 6.47 Å². The lowest BCUT2D eigenvalue weighted by molar-refractivity contribution is 0.159. The van der Waals surface area contributed by atoms with Crippen LogP contribution in [0.5, 0.6) is 0 Å². The van der Waals surface area contributed by atoms with Crippen LogP contribution in [0.1, 0.15) is 38.1 Å². The fraction of sp³-hybridized carbons (Fsp3) is 0.455. The van der Waals surface area contributed by atoms with Crippen molar-refractivity contribution in [1.82, 2.24) is 19.9 Å². The van der Waals surface area contributed by atoms with E-state index in [2.05, 4.69) is 26.9 Å². The van der Waals surface area contributed by atoms with Gasteiger partial charge in [0.25, 0.3) is 0 Å². The monoisotopic (exact) mass is 267 g/mol. The van der Waals surface area contributed by atoms with Crippen molar-refractivity contribution in [2.75, 3.05) is 0 Å². The van der Waals surface area contributed by atoms with Gasteiger partial charge >= 0.3 is 6.47 Å². The van der Waals surface area contributed by atoms with Gasteiger partial charge in [0.05, 0.1) is 6.20 Å². The number of ether oxygens (including phenoxy) is 1. The molecule has 0 saturated carbocycles. The van der Waals surface area contributed by atoms with Gasteiger partial charge in [-0.15, -0.1) is 0 Å². The number of unbranched alkanes of at least 4 members (excludes halogenated alkanes) is 1. The zero-order valence-electron chi connectivity index (χ0n) is 9.81. The van der Waals surface area contributed by atoms with E-state index in [1.807, 2.05) is 0 Å².